The van der Waals surface area contributed by atoms with Crippen molar-refractivity contribution in [1.82, 2.24) is 9.88 Å². The summed E-state index contributed by atoms with van der Waals surface area (Å²) in [6.45, 7) is 4.39. The second-order valence-electron chi connectivity index (χ2n) is 7.85. The topological polar surface area (TPSA) is 66.3 Å². The molecule has 0 aliphatic heterocycles. The molecule has 1 aliphatic carbocycles. The van der Waals surface area contributed by atoms with E-state index < -0.39 is 0 Å². The number of hydrogen-bond donors (Lipinski definition) is 1. The quantitative estimate of drug-likeness (QED) is 0.715. The molecule has 5 heteroatoms. The zero-order valence-corrected chi connectivity index (χ0v) is 16.5. The minimum absolute atomic E-state index is 0.135. The smallest absolute Gasteiger partial charge is 0.290 e. The number of aryl methyl sites for hydroxylation is 2. The summed E-state index contributed by atoms with van der Waals surface area (Å²) in [6, 6.07) is 9.56. The van der Waals surface area contributed by atoms with Crippen LogP contribution in [0.25, 0.3) is 10.9 Å². The standard InChI is InChI=1S/C23H26N2O3/c1-15-11-17-13-18(22(26)24-20(17)12-16(15)2)14-25(19-7-4-3-5-8-19)23(27)21-9-6-10-28-21/h6,9-13,19H,3-5,7-8,14H2,1-2H3,(H,24,26). The Bertz CT molecular complexity index is 1040. The summed E-state index contributed by atoms with van der Waals surface area (Å²) >= 11 is 0. The first kappa shape index (κ1) is 18.5. The second-order valence-corrected chi connectivity index (χ2v) is 7.85. The highest BCUT2D eigenvalue weighted by Crippen LogP contribution is 2.26. The van der Waals surface area contributed by atoms with E-state index in [0.29, 0.717) is 17.9 Å². The number of hydrogen-bond acceptors (Lipinski definition) is 3. The van der Waals surface area contributed by atoms with Crippen LogP contribution >= 0.6 is 0 Å². The van der Waals surface area contributed by atoms with Crippen molar-refractivity contribution in [1.29, 1.82) is 0 Å². The van der Waals surface area contributed by atoms with Crippen molar-refractivity contribution < 1.29 is 9.21 Å². The van der Waals surface area contributed by atoms with Crippen LogP contribution in [0.15, 0.2) is 45.8 Å². The van der Waals surface area contributed by atoms with Crippen LogP contribution in [0.2, 0.25) is 0 Å². The van der Waals surface area contributed by atoms with E-state index in [2.05, 4.69) is 18.0 Å². The summed E-state index contributed by atoms with van der Waals surface area (Å²) in [6.07, 6.45) is 6.87. The fraction of sp³-hybridized carbons (Fsp3) is 0.391. The maximum Gasteiger partial charge on any atom is 0.290 e. The van der Waals surface area contributed by atoms with Gasteiger partial charge in [-0.1, -0.05) is 19.3 Å². The lowest BCUT2D eigenvalue weighted by Crippen LogP contribution is -2.42. The highest BCUT2D eigenvalue weighted by molar-refractivity contribution is 5.91. The van der Waals surface area contributed by atoms with E-state index >= 15 is 0 Å². The van der Waals surface area contributed by atoms with Crippen LogP contribution in [-0.2, 0) is 6.54 Å². The number of rotatable bonds is 4. The number of furan rings is 1. The molecule has 0 bridgehead atoms. The zero-order valence-electron chi connectivity index (χ0n) is 16.5. The lowest BCUT2D eigenvalue weighted by molar-refractivity contribution is 0.0581. The molecule has 5 nitrogen and oxygen atoms in total. The molecule has 1 fully saturated rings. The van der Waals surface area contributed by atoms with Gasteiger partial charge >= 0.3 is 0 Å². The van der Waals surface area contributed by atoms with Crippen LogP contribution in [0.1, 0.15) is 59.3 Å². The minimum Gasteiger partial charge on any atom is -0.459 e. The van der Waals surface area contributed by atoms with Gasteiger partial charge in [0.1, 0.15) is 0 Å². The molecule has 28 heavy (non-hydrogen) atoms. The highest BCUT2D eigenvalue weighted by Gasteiger charge is 2.28. The van der Waals surface area contributed by atoms with E-state index in [9.17, 15) is 9.59 Å². The molecule has 1 aromatic carbocycles. The van der Waals surface area contributed by atoms with Gasteiger partial charge in [-0.15, -0.1) is 0 Å². The summed E-state index contributed by atoms with van der Waals surface area (Å²) in [5.41, 5.74) is 3.64. The number of fused-ring (bicyclic) bond motifs is 1. The third kappa shape index (κ3) is 3.61. The monoisotopic (exact) mass is 378 g/mol. The van der Waals surface area contributed by atoms with E-state index in [4.69, 9.17) is 4.42 Å². The Balaban J connectivity index is 1.71. The van der Waals surface area contributed by atoms with Gasteiger partial charge in [0.05, 0.1) is 12.8 Å². The molecule has 2 aromatic heterocycles. The van der Waals surface area contributed by atoms with E-state index in [1.165, 1.54) is 18.2 Å². The number of H-pyrrole nitrogens is 1. The van der Waals surface area contributed by atoms with Crippen molar-refractivity contribution in [2.45, 2.75) is 58.5 Å². The van der Waals surface area contributed by atoms with Gasteiger partial charge in [0.15, 0.2) is 5.76 Å². The number of nitrogens with zero attached hydrogens (tertiary/aromatic N) is 1. The van der Waals surface area contributed by atoms with Crippen LogP contribution in [0.5, 0.6) is 0 Å². The van der Waals surface area contributed by atoms with Crippen molar-refractivity contribution in [3.8, 4) is 0 Å². The Labute approximate surface area is 164 Å². The van der Waals surface area contributed by atoms with Crippen LogP contribution < -0.4 is 5.56 Å². The van der Waals surface area contributed by atoms with Gasteiger partial charge in [0, 0.05) is 17.1 Å². The Kier molecular flexibility index (Phi) is 5.07. The number of carbonyl (C=O) groups excluding carboxylic acids is 1. The molecule has 1 amide bonds. The molecule has 1 N–H and O–H groups in total. The van der Waals surface area contributed by atoms with Crippen molar-refractivity contribution in [3.63, 3.8) is 0 Å². The molecule has 0 radical (unpaired) electrons. The lowest BCUT2D eigenvalue weighted by atomic mass is 9.93. The first-order valence-electron chi connectivity index (χ1n) is 10.0. The van der Waals surface area contributed by atoms with Crippen molar-refractivity contribution in [3.05, 3.63) is 69.4 Å². The predicted octanol–water partition coefficient (Wildman–Crippen LogP) is 4.71. The molecule has 0 spiro atoms. The number of aromatic amines is 1. The minimum atomic E-state index is -0.142. The molecule has 0 atom stereocenters. The van der Waals surface area contributed by atoms with Gasteiger partial charge in [-0.3, -0.25) is 9.59 Å². The maximum atomic E-state index is 13.1. The number of pyridine rings is 1. The molecule has 2 heterocycles. The van der Waals surface area contributed by atoms with Crippen LogP contribution in [-0.4, -0.2) is 21.8 Å². The van der Waals surface area contributed by atoms with E-state index in [-0.39, 0.29) is 17.5 Å². The number of carbonyl (C=O) groups is 1. The highest BCUT2D eigenvalue weighted by atomic mass is 16.3. The summed E-state index contributed by atoms with van der Waals surface area (Å²) in [5.74, 6) is 0.186. The number of amides is 1. The van der Waals surface area contributed by atoms with Gasteiger partial charge in [-0.05, 0) is 73.5 Å². The van der Waals surface area contributed by atoms with Gasteiger partial charge in [0.25, 0.3) is 11.5 Å². The van der Waals surface area contributed by atoms with Gasteiger partial charge < -0.3 is 14.3 Å². The fourth-order valence-electron chi connectivity index (χ4n) is 4.12. The molecular weight excluding hydrogens is 352 g/mol. The molecule has 4 rings (SSSR count). The molecular formula is C23H26N2O3. The predicted molar refractivity (Wildman–Crippen MR) is 109 cm³/mol. The normalized spacial score (nSPS) is 15.1. The van der Waals surface area contributed by atoms with E-state index in [0.717, 1.165) is 42.1 Å². The summed E-state index contributed by atoms with van der Waals surface area (Å²) in [7, 11) is 0. The first-order valence-corrected chi connectivity index (χ1v) is 10.0. The van der Waals surface area contributed by atoms with E-state index in [1.807, 2.05) is 24.0 Å². The Hall–Kier alpha value is -2.82. The van der Waals surface area contributed by atoms with Crippen molar-refractivity contribution in [2.75, 3.05) is 0 Å². The lowest BCUT2D eigenvalue weighted by Gasteiger charge is -2.33. The summed E-state index contributed by atoms with van der Waals surface area (Å²) < 4.78 is 5.36. The summed E-state index contributed by atoms with van der Waals surface area (Å²) in [4.78, 5) is 30.7. The number of benzene rings is 1. The largest absolute Gasteiger partial charge is 0.459 e. The maximum absolute atomic E-state index is 13.1. The average Bonchev–Trinajstić information content (AvgIpc) is 3.23. The summed E-state index contributed by atoms with van der Waals surface area (Å²) in [5, 5.41) is 0.992. The number of nitrogens with one attached hydrogen (secondary N) is 1. The van der Waals surface area contributed by atoms with Gasteiger partial charge in [0.2, 0.25) is 0 Å². The molecule has 146 valence electrons. The van der Waals surface area contributed by atoms with Crippen molar-refractivity contribution in [2.24, 2.45) is 0 Å². The van der Waals surface area contributed by atoms with Crippen LogP contribution in [0.3, 0.4) is 0 Å². The van der Waals surface area contributed by atoms with E-state index in [1.54, 1.807) is 12.1 Å². The second kappa shape index (κ2) is 7.66. The Morgan fingerprint density at radius 3 is 2.61 bits per heavy atom. The number of aromatic nitrogens is 1. The van der Waals surface area contributed by atoms with Gasteiger partial charge in [-0.2, -0.15) is 0 Å². The molecule has 1 saturated carbocycles. The first-order chi connectivity index (χ1) is 13.5. The molecule has 3 aromatic rings. The fourth-order valence-corrected chi connectivity index (χ4v) is 4.12. The molecule has 1 aliphatic rings. The molecule has 0 saturated heterocycles. The Morgan fingerprint density at radius 1 is 1.14 bits per heavy atom. The SMILES string of the molecule is Cc1cc2cc(CN(C(=O)c3ccco3)C3CCCCC3)c(=O)[nH]c2cc1C. The third-order valence-electron chi connectivity index (χ3n) is 5.88. The molecule has 0 unspecified atom stereocenters. The van der Waals surface area contributed by atoms with Crippen LogP contribution in [0.4, 0.5) is 0 Å². The third-order valence-corrected chi connectivity index (χ3v) is 5.88. The Morgan fingerprint density at radius 2 is 1.89 bits per heavy atom. The average molecular weight is 378 g/mol. The van der Waals surface area contributed by atoms with Crippen LogP contribution in [0, 0.1) is 13.8 Å². The van der Waals surface area contributed by atoms with Crippen molar-refractivity contribution >= 4 is 16.8 Å². The van der Waals surface area contributed by atoms with Gasteiger partial charge in [-0.25, -0.2) is 0 Å². The zero-order chi connectivity index (χ0) is 19.7.